The normalized spacial score (nSPS) is 21.5. The fourth-order valence-electron chi connectivity index (χ4n) is 3.98. The Morgan fingerprint density at radius 1 is 1.00 bits per heavy atom. The van der Waals surface area contributed by atoms with Crippen molar-refractivity contribution in [3.63, 3.8) is 0 Å². The molecule has 2 aromatic heterocycles. The van der Waals surface area contributed by atoms with Gasteiger partial charge in [0.15, 0.2) is 0 Å². The quantitative estimate of drug-likeness (QED) is 0.833. The lowest BCUT2D eigenvalue weighted by molar-refractivity contribution is 0.0677. The SMILES string of the molecule is CC1CCN(c2cc(-n3cnc(C(=O)N4CCC[C@H](C)C4)c3)ncn2)CC1. The highest BCUT2D eigenvalue weighted by Gasteiger charge is 2.24. The summed E-state index contributed by atoms with van der Waals surface area (Å²) in [6, 6.07) is 1.98. The van der Waals surface area contributed by atoms with Crippen LogP contribution >= 0.6 is 0 Å². The van der Waals surface area contributed by atoms with E-state index >= 15 is 0 Å². The Morgan fingerprint density at radius 2 is 1.78 bits per heavy atom. The Balaban J connectivity index is 1.50. The molecule has 144 valence electrons. The molecule has 4 heterocycles. The molecule has 2 saturated heterocycles. The van der Waals surface area contributed by atoms with E-state index in [2.05, 4.69) is 33.7 Å². The molecule has 0 aromatic carbocycles. The summed E-state index contributed by atoms with van der Waals surface area (Å²) in [6.45, 7) is 8.19. The topological polar surface area (TPSA) is 67.2 Å². The van der Waals surface area contributed by atoms with Crippen LogP contribution in [0.3, 0.4) is 0 Å². The maximum atomic E-state index is 12.7. The van der Waals surface area contributed by atoms with Crippen molar-refractivity contribution in [2.24, 2.45) is 11.8 Å². The molecule has 2 aliphatic rings. The molecule has 0 saturated carbocycles. The van der Waals surface area contributed by atoms with Crippen LogP contribution in [-0.4, -0.2) is 56.5 Å². The van der Waals surface area contributed by atoms with Crippen LogP contribution in [0.25, 0.3) is 5.82 Å². The van der Waals surface area contributed by atoms with Gasteiger partial charge in [0, 0.05) is 38.4 Å². The van der Waals surface area contributed by atoms with E-state index in [1.807, 2.05) is 15.5 Å². The zero-order valence-corrected chi connectivity index (χ0v) is 16.2. The van der Waals surface area contributed by atoms with Gasteiger partial charge in [0.2, 0.25) is 0 Å². The first kappa shape index (κ1) is 17.9. The van der Waals surface area contributed by atoms with Gasteiger partial charge in [-0.2, -0.15) is 0 Å². The largest absolute Gasteiger partial charge is 0.356 e. The summed E-state index contributed by atoms with van der Waals surface area (Å²) < 4.78 is 1.82. The maximum absolute atomic E-state index is 12.7. The summed E-state index contributed by atoms with van der Waals surface area (Å²) in [5.41, 5.74) is 0.482. The van der Waals surface area contributed by atoms with Crippen LogP contribution in [0, 0.1) is 11.8 Å². The van der Waals surface area contributed by atoms with E-state index in [9.17, 15) is 4.79 Å². The van der Waals surface area contributed by atoms with E-state index in [0.29, 0.717) is 11.6 Å². The molecule has 1 amide bonds. The first-order chi connectivity index (χ1) is 13.1. The Labute approximate surface area is 160 Å². The van der Waals surface area contributed by atoms with Crippen LogP contribution in [0.2, 0.25) is 0 Å². The number of hydrogen-bond donors (Lipinski definition) is 0. The van der Waals surface area contributed by atoms with Gasteiger partial charge in [0.25, 0.3) is 5.91 Å². The molecule has 7 heteroatoms. The van der Waals surface area contributed by atoms with Crippen molar-refractivity contribution in [2.45, 2.75) is 39.5 Å². The number of likely N-dealkylation sites (tertiary alicyclic amines) is 1. The monoisotopic (exact) mass is 368 g/mol. The van der Waals surface area contributed by atoms with Gasteiger partial charge >= 0.3 is 0 Å². The van der Waals surface area contributed by atoms with Crippen molar-refractivity contribution in [2.75, 3.05) is 31.1 Å². The molecule has 0 bridgehead atoms. The highest BCUT2D eigenvalue weighted by molar-refractivity contribution is 5.92. The van der Waals surface area contributed by atoms with E-state index in [0.717, 1.165) is 50.2 Å². The molecule has 27 heavy (non-hydrogen) atoms. The molecule has 0 unspecified atom stereocenters. The number of imidazole rings is 1. The van der Waals surface area contributed by atoms with Crippen molar-refractivity contribution in [1.82, 2.24) is 24.4 Å². The average Bonchev–Trinajstić information content (AvgIpc) is 3.18. The van der Waals surface area contributed by atoms with E-state index in [-0.39, 0.29) is 5.91 Å². The molecule has 0 aliphatic carbocycles. The summed E-state index contributed by atoms with van der Waals surface area (Å²) >= 11 is 0. The van der Waals surface area contributed by atoms with Gasteiger partial charge in [-0.25, -0.2) is 15.0 Å². The first-order valence-corrected chi connectivity index (χ1v) is 10.0. The number of amides is 1. The van der Waals surface area contributed by atoms with Gasteiger partial charge in [-0.05, 0) is 37.5 Å². The van der Waals surface area contributed by atoms with E-state index in [1.54, 1.807) is 18.9 Å². The van der Waals surface area contributed by atoms with Gasteiger partial charge in [0.05, 0.1) is 0 Å². The zero-order valence-electron chi connectivity index (χ0n) is 16.2. The predicted molar refractivity (Wildman–Crippen MR) is 104 cm³/mol. The highest BCUT2D eigenvalue weighted by atomic mass is 16.2. The standard InChI is InChI=1S/C20H28N6O/c1-15-5-8-24(9-6-15)18-10-19(22-13-21-18)26-12-17(23-14-26)20(27)25-7-3-4-16(2)11-25/h10,12-16H,3-9,11H2,1-2H3/t16-/m0/s1. The number of anilines is 1. The fraction of sp³-hybridized carbons (Fsp3) is 0.600. The lowest BCUT2D eigenvalue weighted by atomic mass is 9.99. The molecular weight excluding hydrogens is 340 g/mol. The summed E-state index contributed by atoms with van der Waals surface area (Å²) in [7, 11) is 0. The molecule has 0 radical (unpaired) electrons. The van der Waals surface area contributed by atoms with Crippen LogP contribution in [-0.2, 0) is 0 Å². The minimum atomic E-state index is 0.0135. The Bertz CT molecular complexity index is 795. The van der Waals surface area contributed by atoms with Crippen molar-refractivity contribution >= 4 is 11.7 Å². The number of nitrogens with zero attached hydrogens (tertiary/aromatic N) is 6. The molecule has 2 aliphatic heterocycles. The Kier molecular flexibility index (Phi) is 5.09. The maximum Gasteiger partial charge on any atom is 0.274 e. The average molecular weight is 368 g/mol. The summed E-state index contributed by atoms with van der Waals surface area (Å²) in [5.74, 6) is 3.04. The van der Waals surface area contributed by atoms with Gasteiger partial charge in [-0.3, -0.25) is 9.36 Å². The summed E-state index contributed by atoms with van der Waals surface area (Å²) in [6.07, 6.45) is 9.69. The number of piperidine rings is 2. The molecule has 0 N–H and O–H groups in total. The summed E-state index contributed by atoms with van der Waals surface area (Å²) in [5, 5.41) is 0. The third-order valence-electron chi connectivity index (χ3n) is 5.76. The smallest absolute Gasteiger partial charge is 0.274 e. The Hall–Kier alpha value is -2.44. The van der Waals surface area contributed by atoms with E-state index < -0.39 is 0 Å². The third kappa shape index (κ3) is 3.96. The molecule has 4 rings (SSSR count). The predicted octanol–water partition coefficient (Wildman–Crippen LogP) is 2.77. The van der Waals surface area contributed by atoms with Crippen LogP contribution < -0.4 is 4.90 Å². The van der Waals surface area contributed by atoms with Crippen LogP contribution in [0.15, 0.2) is 24.9 Å². The van der Waals surface area contributed by atoms with Gasteiger partial charge in [-0.15, -0.1) is 0 Å². The molecular formula is C20H28N6O. The van der Waals surface area contributed by atoms with E-state index in [4.69, 9.17) is 0 Å². The Morgan fingerprint density at radius 3 is 2.56 bits per heavy atom. The molecule has 0 spiro atoms. The van der Waals surface area contributed by atoms with Gasteiger partial charge in [0.1, 0.15) is 30.0 Å². The minimum absolute atomic E-state index is 0.0135. The number of carbonyl (C=O) groups is 1. The van der Waals surface area contributed by atoms with Crippen LogP contribution in [0.1, 0.15) is 50.0 Å². The lowest BCUT2D eigenvalue weighted by Gasteiger charge is -2.31. The van der Waals surface area contributed by atoms with Crippen molar-refractivity contribution < 1.29 is 4.79 Å². The molecule has 2 fully saturated rings. The van der Waals surface area contributed by atoms with Crippen LogP contribution in [0.4, 0.5) is 5.82 Å². The number of aromatic nitrogens is 4. The first-order valence-electron chi connectivity index (χ1n) is 10.0. The van der Waals surface area contributed by atoms with E-state index in [1.165, 1.54) is 19.3 Å². The second kappa shape index (κ2) is 7.66. The van der Waals surface area contributed by atoms with Gasteiger partial charge < -0.3 is 9.80 Å². The second-order valence-corrected chi connectivity index (χ2v) is 8.07. The van der Waals surface area contributed by atoms with Gasteiger partial charge in [-0.1, -0.05) is 13.8 Å². The lowest BCUT2D eigenvalue weighted by Crippen LogP contribution is -2.39. The van der Waals surface area contributed by atoms with Crippen molar-refractivity contribution in [3.8, 4) is 5.82 Å². The van der Waals surface area contributed by atoms with Crippen LogP contribution in [0.5, 0.6) is 0 Å². The van der Waals surface area contributed by atoms with Crippen molar-refractivity contribution in [1.29, 1.82) is 0 Å². The zero-order chi connectivity index (χ0) is 18.8. The highest BCUT2D eigenvalue weighted by Crippen LogP contribution is 2.22. The number of carbonyl (C=O) groups excluding carboxylic acids is 1. The third-order valence-corrected chi connectivity index (χ3v) is 5.76. The minimum Gasteiger partial charge on any atom is -0.356 e. The number of rotatable bonds is 3. The number of hydrogen-bond acceptors (Lipinski definition) is 5. The molecule has 1 atom stereocenters. The molecule has 7 nitrogen and oxygen atoms in total. The summed E-state index contributed by atoms with van der Waals surface area (Å²) in [4.78, 5) is 30.1. The van der Waals surface area contributed by atoms with Crippen molar-refractivity contribution in [3.05, 3.63) is 30.6 Å². The fourth-order valence-corrected chi connectivity index (χ4v) is 3.98. The molecule has 2 aromatic rings. The second-order valence-electron chi connectivity index (χ2n) is 8.07.